The summed E-state index contributed by atoms with van der Waals surface area (Å²) in [4.78, 5) is 0. The summed E-state index contributed by atoms with van der Waals surface area (Å²) in [5.41, 5.74) is 2.23. The largest absolute Gasteiger partial charge is 0.748 e. The van der Waals surface area contributed by atoms with Crippen molar-refractivity contribution in [1.29, 1.82) is 0 Å². The molecule has 0 saturated carbocycles. The molecule has 1 unspecified atom stereocenters. The second-order valence-corrected chi connectivity index (χ2v) is 6.59. The summed E-state index contributed by atoms with van der Waals surface area (Å²) >= 11 is 0. The van der Waals surface area contributed by atoms with Crippen molar-refractivity contribution in [3.63, 3.8) is 0 Å². The zero-order chi connectivity index (χ0) is 14.0. The Morgan fingerprint density at radius 2 is 1.95 bits per heavy atom. The fraction of sp³-hybridized carbons (Fsp3) is 0.357. The van der Waals surface area contributed by atoms with Gasteiger partial charge in [-0.15, -0.1) is 0 Å². The Morgan fingerprint density at radius 1 is 1.26 bits per heavy atom. The highest BCUT2D eigenvalue weighted by molar-refractivity contribution is 7.86. The van der Waals surface area contributed by atoms with Crippen LogP contribution >= 0.6 is 0 Å². The van der Waals surface area contributed by atoms with Crippen LogP contribution in [0.2, 0.25) is 0 Å². The number of aryl methyl sites for hydroxylation is 2. The topological polar surface area (TPSA) is 61.1 Å². The first-order valence-corrected chi connectivity index (χ1v) is 7.69. The monoisotopic (exact) mass is 279 g/mol. The number of aromatic nitrogens is 1. The maximum atomic E-state index is 10.9. The average molecular weight is 279 g/mol. The van der Waals surface area contributed by atoms with Gasteiger partial charge in [-0.1, -0.05) is 12.1 Å². The third-order valence-corrected chi connectivity index (χ3v) is 4.63. The van der Waals surface area contributed by atoms with E-state index in [1.165, 1.54) is 12.5 Å². The van der Waals surface area contributed by atoms with Crippen LogP contribution in [0, 0.1) is 6.92 Å². The van der Waals surface area contributed by atoms with Gasteiger partial charge in [0.25, 0.3) is 0 Å². The number of para-hydroxylation sites is 1. The predicted molar refractivity (Wildman–Crippen MR) is 72.7 cm³/mol. The third kappa shape index (κ3) is 3.11. The van der Waals surface area contributed by atoms with Crippen molar-refractivity contribution >= 4 is 21.0 Å². The van der Waals surface area contributed by atoms with Crippen LogP contribution in [0.5, 0.6) is 0 Å². The number of benzene rings is 1. The first kappa shape index (κ1) is 14.0. The van der Waals surface area contributed by atoms with Crippen molar-refractivity contribution in [2.45, 2.75) is 32.1 Å². The molecule has 0 aliphatic heterocycles. The number of hydrogen-bond donors (Lipinski definition) is 0. The molecule has 0 aliphatic carbocycles. The van der Waals surface area contributed by atoms with Gasteiger partial charge in [-0.3, -0.25) is 0 Å². The van der Waals surface area contributed by atoms with Crippen LogP contribution in [0.4, 0.5) is 0 Å². The third-order valence-electron chi connectivity index (χ3n) is 3.41. The van der Waals surface area contributed by atoms with Crippen molar-refractivity contribution < 1.29 is 17.5 Å². The number of nitrogens with zero attached hydrogens (tertiary/aromatic N) is 1. The van der Waals surface area contributed by atoms with Gasteiger partial charge in [-0.25, -0.2) is 8.42 Å². The molecule has 1 heterocycles. The molecule has 0 saturated heterocycles. The second kappa shape index (κ2) is 5.27. The number of pyridine rings is 1. The molecule has 1 aromatic heterocycles. The standard InChI is InChI=1S/C14H17NO3S/c1-11-7-9-15(10-8-12(2)19(16,17)18)14-6-4-3-5-13(11)14/h3-7,9,12H,8,10H2,1-2H3. The molecule has 1 aromatic carbocycles. The lowest BCUT2D eigenvalue weighted by atomic mass is 10.1. The van der Waals surface area contributed by atoms with Crippen LogP contribution in [-0.4, -0.2) is 18.2 Å². The summed E-state index contributed by atoms with van der Waals surface area (Å²) in [6.45, 7) is 4.01. The Balaban J connectivity index is 2.30. The molecule has 0 N–H and O–H groups in total. The number of fused-ring (bicyclic) bond motifs is 1. The Hall–Kier alpha value is -1.46. The molecule has 0 fully saturated rings. The van der Waals surface area contributed by atoms with Gasteiger partial charge in [0.05, 0.1) is 15.4 Å². The molecule has 1 atom stereocenters. The van der Waals surface area contributed by atoms with Gasteiger partial charge < -0.3 is 4.55 Å². The summed E-state index contributed by atoms with van der Waals surface area (Å²) in [6, 6.07) is 9.96. The summed E-state index contributed by atoms with van der Waals surface area (Å²) in [5.74, 6) is 0. The quantitative estimate of drug-likeness (QED) is 0.633. The average Bonchev–Trinajstić information content (AvgIpc) is 2.37. The molecule has 0 radical (unpaired) electrons. The summed E-state index contributed by atoms with van der Waals surface area (Å²) in [6.07, 6.45) is 2.26. The van der Waals surface area contributed by atoms with Crippen molar-refractivity contribution in [2.75, 3.05) is 0 Å². The van der Waals surface area contributed by atoms with Gasteiger partial charge >= 0.3 is 0 Å². The minimum Gasteiger partial charge on any atom is -0.748 e. The Kier molecular flexibility index (Phi) is 3.87. The molecule has 0 bridgehead atoms. The summed E-state index contributed by atoms with van der Waals surface area (Å²) in [7, 11) is -4.20. The van der Waals surface area contributed by atoms with Gasteiger partial charge in [-0.2, -0.15) is 4.57 Å². The predicted octanol–water partition coefficient (Wildman–Crippen LogP) is 1.76. The molecule has 0 aliphatic rings. The zero-order valence-corrected chi connectivity index (χ0v) is 11.9. The molecular weight excluding hydrogens is 262 g/mol. The van der Waals surface area contributed by atoms with E-state index in [4.69, 9.17) is 0 Å². The molecule has 2 rings (SSSR count). The van der Waals surface area contributed by atoms with Crippen molar-refractivity contribution in [1.82, 2.24) is 0 Å². The first-order valence-electron chi connectivity index (χ1n) is 6.22. The van der Waals surface area contributed by atoms with E-state index in [-0.39, 0.29) is 0 Å². The van der Waals surface area contributed by atoms with Crippen LogP contribution in [0.15, 0.2) is 36.5 Å². The van der Waals surface area contributed by atoms with Gasteiger partial charge in [0.2, 0.25) is 5.52 Å². The SMILES string of the molecule is Cc1cc[n+](CCC(C)S(=O)(=O)[O-])c2ccccc12. The molecular formula is C14H17NO3S. The maximum absolute atomic E-state index is 10.9. The second-order valence-electron chi connectivity index (χ2n) is 4.80. The van der Waals surface area contributed by atoms with E-state index in [0.29, 0.717) is 13.0 Å². The maximum Gasteiger partial charge on any atom is 0.212 e. The van der Waals surface area contributed by atoms with Crippen molar-refractivity contribution in [3.05, 3.63) is 42.1 Å². The Labute approximate surface area is 113 Å². The van der Waals surface area contributed by atoms with Crippen LogP contribution in [0.1, 0.15) is 18.9 Å². The van der Waals surface area contributed by atoms with Gasteiger partial charge in [0.15, 0.2) is 6.20 Å². The van der Waals surface area contributed by atoms with E-state index in [1.54, 1.807) is 0 Å². The molecule has 4 nitrogen and oxygen atoms in total. The van der Waals surface area contributed by atoms with Gasteiger partial charge in [0, 0.05) is 23.9 Å². The fourth-order valence-electron chi connectivity index (χ4n) is 2.09. The van der Waals surface area contributed by atoms with E-state index in [1.807, 2.05) is 48.0 Å². The van der Waals surface area contributed by atoms with Crippen LogP contribution in [0.3, 0.4) is 0 Å². The van der Waals surface area contributed by atoms with E-state index < -0.39 is 15.4 Å². The number of hydrogen-bond acceptors (Lipinski definition) is 3. The zero-order valence-electron chi connectivity index (χ0n) is 11.0. The van der Waals surface area contributed by atoms with Crippen molar-refractivity contribution in [3.8, 4) is 0 Å². The lowest BCUT2D eigenvalue weighted by molar-refractivity contribution is -0.671. The summed E-state index contributed by atoms with van der Waals surface area (Å²) < 4.78 is 34.7. The lowest BCUT2D eigenvalue weighted by Crippen LogP contribution is -2.36. The van der Waals surface area contributed by atoms with Crippen molar-refractivity contribution in [2.24, 2.45) is 0 Å². The molecule has 0 amide bonds. The normalized spacial score (nSPS) is 13.6. The molecule has 19 heavy (non-hydrogen) atoms. The van der Waals surface area contributed by atoms with E-state index >= 15 is 0 Å². The smallest absolute Gasteiger partial charge is 0.212 e. The van der Waals surface area contributed by atoms with E-state index in [2.05, 4.69) is 0 Å². The molecule has 102 valence electrons. The van der Waals surface area contributed by atoms with Gasteiger partial charge in [0.1, 0.15) is 6.54 Å². The number of rotatable bonds is 4. The minimum absolute atomic E-state index is 0.323. The van der Waals surface area contributed by atoms with Crippen LogP contribution in [-0.2, 0) is 16.7 Å². The fourth-order valence-corrected chi connectivity index (χ4v) is 2.48. The lowest BCUT2D eigenvalue weighted by Gasteiger charge is -2.14. The Morgan fingerprint density at radius 3 is 2.63 bits per heavy atom. The highest BCUT2D eigenvalue weighted by Crippen LogP contribution is 2.14. The van der Waals surface area contributed by atoms with Gasteiger partial charge in [-0.05, 0) is 25.5 Å². The molecule has 5 heteroatoms. The highest BCUT2D eigenvalue weighted by atomic mass is 32.2. The Bertz CT molecular complexity index is 695. The van der Waals surface area contributed by atoms with Crippen LogP contribution < -0.4 is 4.57 Å². The molecule has 0 spiro atoms. The first-order chi connectivity index (χ1) is 8.89. The summed E-state index contributed by atoms with van der Waals surface area (Å²) in [5, 5.41) is 0.280. The van der Waals surface area contributed by atoms with E-state index in [0.717, 1.165) is 10.9 Å². The molecule has 2 aromatic rings. The minimum atomic E-state index is -4.20. The van der Waals surface area contributed by atoms with E-state index in [9.17, 15) is 13.0 Å². The highest BCUT2D eigenvalue weighted by Gasteiger charge is 2.15. The van der Waals surface area contributed by atoms with Crippen LogP contribution in [0.25, 0.3) is 10.9 Å².